The lowest BCUT2D eigenvalue weighted by Gasteiger charge is -2.22. The standard InChI is InChI=1S/C38H22O/c1-4-26-14-15-28-16-19-30(32-20-17-27(5-1)36(26)38(28)32)24-12-10-23(11-13-24)29-18-21-34-33(22-29)31-8-2-6-25-7-3-9-35(39-34)37(25)31/h1-22H/i10D,11D,12D,13D. The van der Waals surface area contributed by atoms with Gasteiger partial charge in [0.2, 0.25) is 0 Å². The smallest absolute Gasteiger partial charge is 0.135 e. The minimum Gasteiger partial charge on any atom is -0.456 e. The number of fused-ring (bicyclic) bond motifs is 2. The lowest BCUT2D eigenvalue weighted by molar-refractivity contribution is 0.487. The monoisotopic (exact) mass is 498 g/mol. The van der Waals surface area contributed by atoms with Crippen LogP contribution < -0.4 is 4.74 Å². The van der Waals surface area contributed by atoms with Crippen LogP contribution in [0, 0.1) is 0 Å². The van der Waals surface area contributed by atoms with Crippen LogP contribution in [0.2, 0.25) is 0 Å². The molecule has 1 heteroatoms. The molecule has 0 radical (unpaired) electrons. The minimum absolute atomic E-state index is 0.0487. The third kappa shape index (κ3) is 2.96. The normalized spacial score (nSPS) is 13.7. The third-order valence-electron chi connectivity index (χ3n) is 8.07. The molecule has 1 heterocycles. The summed E-state index contributed by atoms with van der Waals surface area (Å²) in [6.45, 7) is 0. The summed E-state index contributed by atoms with van der Waals surface area (Å²) in [7, 11) is 0. The van der Waals surface area contributed by atoms with Gasteiger partial charge < -0.3 is 4.74 Å². The zero-order valence-corrected chi connectivity index (χ0v) is 20.8. The molecule has 0 saturated carbocycles. The molecule has 9 rings (SSSR count). The number of ether oxygens (including phenoxy) is 1. The van der Waals surface area contributed by atoms with Gasteiger partial charge in [-0.25, -0.2) is 0 Å². The van der Waals surface area contributed by atoms with E-state index in [-0.39, 0.29) is 29.7 Å². The zero-order chi connectivity index (χ0) is 29.0. The van der Waals surface area contributed by atoms with Crippen molar-refractivity contribution < 1.29 is 10.2 Å². The Morgan fingerprint density at radius 2 is 1.05 bits per heavy atom. The van der Waals surface area contributed by atoms with Gasteiger partial charge in [0.05, 0.1) is 5.48 Å². The maximum atomic E-state index is 9.16. The van der Waals surface area contributed by atoms with Crippen molar-refractivity contribution in [3.8, 4) is 44.9 Å². The van der Waals surface area contributed by atoms with Crippen molar-refractivity contribution in [1.82, 2.24) is 0 Å². The second-order valence-corrected chi connectivity index (χ2v) is 10.2. The summed E-state index contributed by atoms with van der Waals surface area (Å²) < 4.78 is 42.8. The lowest BCUT2D eigenvalue weighted by atomic mass is 9.89. The average molecular weight is 499 g/mol. The molecule has 0 aliphatic carbocycles. The van der Waals surface area contributed by atoms with Crippen LogP contribution in [0.5, 0.6) is 11.5 Å². The van der Waals surface area contributed by atoms with Crippen LogP contribution in [-0.2, 0) is 0 Å². The van der Waals surface area contributed by atoms with E-state index in [9.17, 15) is 0 Å². The van der Waals surface area contributed by atoms with Gasteiger partial charge in [0.15, 0.2) is 0 Å². The summed E-state index contributed by atoms with van der Waals surface area (Å²) in [5.74, 6) is 1.51. The van der Waals surface area contributed by atoms with E-state index in [1.807, 2.05) is 54.6 Å². The quantitative estimate of drug-likeness (QED) is 0.215. The van der Waals surface area contributed by atoms with Crippen molar-refractivity contribution in [3.05, 3.63) is 133 Å². The molecule has 0 N–H and O–H groups in total. The van der Waals surface area contributed by atoms with Crippen LogP contribution in [0.3, 0.4) is 0 Å². The number of rotatable bonds is 2. The van der Waals surface area contributed by atoms with Crippen LogP contribution in [0.1, 0.15) is 5.48 Å². The minimum atomic E-state index is -0.0584. The maximum absolute atomic E-state index is 9.16. The molecule has 0 bridgehead atoms. The molecule has 1 aliphatic heterocycles. The molecular formula is C38H22O. The molecule has 8 aromatic carbocycles. The summed E-state index contributed by atoms with van der Waals surface area (Å²) in [6, 6.07) is 36.1. The van der Waals surface area contributed by atoms with Gasteiger partial charge in [-0.05, 0) is 83.7 Å². The first-order valence-electron chi connectivity index (χ1n) is 15.1. The average Bonchev–Trinajstić information content (AvgIpc) is 3.04. The Hall–Kier alpha value is -5.14. The van der Waals surface area contributed by atoms with Gasteiger partial charge >= 0.3 is 0 Å². The second-order valence-electron chi connectivity index (χ2n) is 10.2. The van der Waals surface area contributed by atoms with Crippen LogP contribution in [0.25, 0.3) is 76.5 Å². The molecule has 1 nitrogen and oxygen atoms in total. The molecule has 0 atom stereocenters. The predicted octanol–water partition coefficient (Wildman–Crippen LogP) is 10.8. The van der Waals surface area contributed by atoms with Gasteiger partial charge in [-0.15, -0.1) is 0 Å². The molecule has 39 heavy (non-hydrogen) atoms. The van der Waals surface area contributed by atoms with Crippen LogP contribution in [0.15, 0.2) is 133 Å². The van der Waals surface area contributed by atoms with Gasteiger partial charge in [0.25, 0.3) is 0 Å². The fourth-order valence-corrected chi connectivity index (χ4v) is 6.26. The number of benzene rings is 8. The van der Waals surface area contributed by atoms with Crippen molar-refractivity contribution in [2.45, 2.75) is 0 Å². The second kappa shape index (κ2) is 7.69. The summed E-state index contributed by atoms with van der Waals surface area (Å²) in [5.41, 5.74) is 3.82. The lowest BCUT2D eigenvalue weighted by Crippen LogP contribution is -1.97. The van der Waals surface area contributed by atoms with Gasteiger partial charge in [-0.3, -0.25) is 0 Å². The Morgan fingerprint density at radius 1 is 0.410 bits per heavy atom. The number of hydrogen-bond acceptors (Lipinski definition) is 1. The molecular weight excluding hydrogens is 472 g/mol. The fourth-order valence-electron chi connectivity index (χ4n) is 6.26. The highest BCUT2D eigenvalue weighted by Crippen LogP contribution is 2.47. The Bertz CT molecular complexity index is 2430. The van der Waals surface area contributed by atoms with Crippen LogP contribution in [-0.4, -0.2) is 0 Å². The van der Waals surface area contributed by atoms with E-state index < -0.39 is 0 Å². The molecule has 0 aromatic heterocycles. The SMILES string of the molecule is [2H]c1c([2H])c(-c2ccc3ccc4cccc5ccc2c3c45)c([2H])c([2H])c1-c1ccc2c(c1)-c1cccc3cccc(c13)O2. The first-order valence-corrected chi connectivity index (χ1v) is 13.1. The van der Waals surface area contributed by atoms with E-state index in [2.05, 4.69) is 54.6 Å². The Balaban J connectivity index is 1.27. The molecule has 0 fully saturated rings. The highest BCUT2D eigenvalue weighted by atomic mass is 16.5. The van der Waals surface area contributed by atoms with E-state index in [1.165, 1.54) is 0 Å². The number of hydrogen-bond donors (Lipinski definition) is 0. The maximum Gasteiger partial charge on any atom is 0.135 e. The van der Waals surface area contributed by atoms with Gasteiger partial charge in [0, 0.05) is 10.9 Å². The Labute approximate surface area is 231 Å². The summed E-state index contributed by atoms with van der Waals surface area (Å²) in [6.07, 6.45) is 0. The zero-order valence-electron chi connectivity index (χ0n) is 24.8. The summed E-state index contributed by atoms with van der Waals surface area (Å²) >= 11 is 0. The molecule has 1 aliphatic rings. The highest BCUT2D eigenvalue weighted by Gasteiger charge is 2.20. The topological polar surface area (TPSA) is 9.23 Å². The van der Waals surface area contributed by atoms with E-state index in [0.29, 0.717) is 22.4 Å². The summed E-state index contributed by atoms with van der Waals surface area (Å²) in [5, 5.41) is 8.62. The predicted molar refractivity (Wildman–Crippen MR) is 164 cm³/mol. The molecule has 0 spiro atoms. The highest BCUT2D eigenvalue weighted by molar-refractivity contribution is 6.25. The first-order chi connectivity index (χ1) is 21.0. The molecule has 0 amide bonds. The molecule has 0 unspecified atom stereocenters. The van der Waals surface area contributed by atoms with E-state index in [1.54, 1.807) is 0 Å². The Kier molecular flexibility index (Phi) is 3.43. The van der Waals surface area contributed by atoms with E-state index in [0.717, 1.165) is 60.0 Å². The third-order valence-corrected chi connectivity index (χ3v) is 8.07. The van der Waals surface area contributed by atoms with Crippen molar-refractivity contribution in [2.75, 3.05) is 0 Å². The fraction of sp³-hybridized carbons (Fsp3) is 0. The van der Waals surface area contributed by atoms with Gasteiger partial charge in [-0.1, -0.05) is 115 Å². The van der Waals surface area contributed by atoms with Gasteiger partial charge in [0.1, 0.15) is 11.5 Å². The van der Waals surface area contributed by atoms with Crippen molar-refractivity contribution in [3.63, 3.8) is 0 Å². The molecule has 180 valence electrons. The Morgan fingerprint density at radius 3 is 1.87 bits per heavy atom. The van der Waals surface area contributed by atoms with Crippen molar-refractivity contribution in [1.29, 1.82) is 0 Å². The van der Waals surface area contributed by atoms with E-state index in [4.69, 9.17) is 10.2 Å². The molecule has 0 saturated heterocycles. The first kappa shape index (κ1) is 17.4. The largest absolute Gasteiger partial charge is 0.456 e. The summed E-state index contributed by atoms with van der Waals surface area (Å²) in [4.78, 5) is 0. The van der Waals surface area contributed by atoms with Crippen LogP contribution in [0.4, 0.5) is 0 Å². The van der Waals surface area contributed by atoms with Crippen molar-refractivity contribution in [2.24, 2.45) is 0 Å². The van der Waals surface area contributed by atoms with Crippen LogP contribution >= 0.6 is 0 Å². The van der Waals surface area contributed by atoms with E-state index >= 15 is 0 Å². The molecule has 8 aromatic rings. The van der Waals surface area contributed by atoms with Crippen molar-refractivity contribution >= 4 is 43.1 Å². The van der Waals surface area contributed by atoms with Gasteiger partial charge in [-0.2, -0.15) is 0 Å².